The van der Waals surface area contributed by atoms with E-state index in [9.17, 15) is 13.6 Å². The molecule has 0 fully saturated rings. The number of aromatic amines is 1. The molecule has 30 heavy (non-hydrogen) atoms. The van der Waals surface area contributed by atoms with Crippen molar-refractivity contribution in [2.45, 2.75) is 26.4 Å². The predicted molar refractivity (Wildman–Crippen MR) is 111 cm³/mol. The van der Waals surface area contributed by atoms with Crippen molar-refractivity contribution in [1.29, 1.82) is 0 Å². The molecule has 0 aliphatic rings. The normalized spacial score (nSPS) is 11.0. The zero-order valence-electron chi connectivity index (χ0n) is 16.9. The Kier molecular flexibility index (Phi) is 7.11. The minimum Gasteiger partial charge on any atom is -0.493 e. The molecule has 0 saturated heterocycles. The van der Waals surface area contributed by atoms with Crippen molar-refractivity contribution in [3.63, 3.8) is 0 Å². The number of aryl methyl sites for hydroxylation is 1. The molecule has 3 N–H and O–H groups in total. The third kappa shape index (κ3) is 5.62. The van der Waals surface area contributed by atoms with E-state index in [0.717, 1.165) is 22.0 Å². The Hall–Kier alpha value is -3.29. The first-order valence-corrected chi connectivity index (χ1v) is 9.66. The molecule has 0 radical (unpaired) electrons. The van der Waals surface area contributed by atoms with Gasteiger partial charge in [0.25, 0.3) is 0 Å². The number of ether oxygens (including phenoxy) is 2. The van der Waals surface area contributed by atoms with Gasteiger partial charge in [0.05, 0.1) is 7.11 Å². The van der Waals surface area contributed by atoms with Gasteiger partial charge in [-0.05, 0) is 54.7 Å². The summed E-state index contributed by atoms with van der Waals surface area (Å²) in [4.78, 5) is 15.3. The highest BCUT2D eigenvalue weighted by Crippen LogP contribution is 2.29. The van der Waals surface area contributed by atoms with Gasteiger partial charge in [0, 0.05) is 30.2 Å². The molecule has 0 aliphatic carbocycles. The lowest BCUT2D eigenvalue weighted by Crippen LogP contribution is -2.37. The van der Waals surface area contributed by atoms with E-state index in [0.29, 0.717) is 25.9 Å². The van der Waals surface area contributed by atoms with E-state index in [4.69, 9.17) is 4.74 Å². The molecular weight excluding hydrogens is 392 g/mol. The monoisotopic (exact) mass is 417 g/mol. The van der Waals surface area contributed by atoms with Crippen LogP contribution in [-0.2, 0) is 12.8 Å². The van der Waals surface area contributed by atoms with E-state index in [1.807, 2.05) is 13.1 Å². The summed E-state index contributed by atoms with van der Waals surface area (Å²) in [5.41, 5.74) is 4.18. The van der Waals surface area contributed by atoms with E-state index in [1.165, 1.54) is 18.7 Å². The largest absolute Gasteiger partial charge is 0.493 e. The average molecular weight is 417 g/mol. The smallest absolute Gasteiger partial charge is 0.387 e. The first kappa shape index (κ1) is 21.4. The van der Waals surface area contributed by atoms with Gasteiger partial charge in [0.15, 0.2) is 11.5 Å². The predicted octanol–water partition coefficient (Wildman–Crippen LogP) is 4.17. The molecule has 1 aromatic heterocycles. The van der Waals surface area contributed by atoms with Gasteiger partial charge in [0.1, 0.15) is 0 Å². The van der Waals surface area contributed by atoms with Crippen LogP contribution in [0, 0.1) is 6.92 Å². The first-order valence-electron chi connectivity index (χ1n) is 9.66. The van der Waals surface area contributed by atoms with Crippen LogP contribution in [0.5, 0.6) is 11.5 Å². The standard InChI is InChI=1S/C22H25F2N3O3/c1-14-3-5-17-16(13-27-18(17)11-14)8-10-26-22(28)25-9-7-15-4-6-19(29-2)20(12-15)30-21(23)24/h3-6,11-13,21,27H,7-10H2,1-2H3,(H2,25,26,28). The SMILES string of the molecule is COc1ccc(CCNC(=O)NCCc2c[nH]c3cc(C)ccc23)cc1OC(F)F. The summed E-state index contributed by atoms with van der Waals surface area (Å²) in [5, 5.41) is 6.75. The van der Waals surface area contributed by atoms with Crippen LogP contribution in [0.3, 0.4) is 0 Å². The number of nitrogens with one attached hydrogen (secondary N) is 3. The van der Waals surface area contributed by atoms with Crippen molar-refractivity contribution in [2.75, 3.05) is 20.2 Å². The molecule has 8 heteroatoms. The van der Waals surface area contributed by atoms with E-state index in [-0.39, 0.29) is 17.5 Å². The van der Waals surface area contributed by atoms with Gasteiger partial charge in [0.2, 0.25) is 0 Å². The van der Waals surface area contributed by atoms with Gasteiger partial charge >= 0.3 is 12.6 Å². The Morgan fingerprint density at radius 1 is 1.07 bits per heavy atom. The highest BCUT2D eigenvalue weighted by Gasteiger charge is 2.11. The number of halogens is 2. The number of aromatic nitrogens is 1. The fourth-order valence-corrected chi connectivity index (χ4v) is 3.27. The Bertz CT molecular complexity index is 1000. The lowest BCUT2D eigenvalue weighted by atomic mass is 10.1. The number of H-pyrrole nitrogens is 1. The first-order chi connectivity index (χ1) is 14.5. The zero-order valence-corrected chi connectivity index (χ0v) is 16.9. The summed E-state index contributed by atoms with van der Waals surface area (Å²) in [7, 11) is 1.39. The molecule has 3 rings (SSSR count). The third-order valence-corrected chi connectivity index (χ3v) is 4.75. The molecule has 0 atom stereocenters. The Morgan fingerprint density at radius 3 is 2.57 bits per heavy atom. The molecule has 2 amide bonds. The summed E-state index contributed by atoms with van der Waals surface area (Å²) in [6.45, 7) is -0.0239. The zero-order chi connectivity index (χ0) is 21.5. The van der Waals surface area contributed by atoms with Crippen LogP contribution in [0.4, 0.5) is 13.6 Å². The van der Waals surface area contributed by atoms with Crippen LogP contribution in [0.25, 0.3) is 10.9 Å². The summed E-state index contributed by atoms with van der Waals surface area (Å²) in [5.74, 6) is 0.209. The van der Waals surface area contributed by atoms with Crippen molar-refractivity contribution in [2.24, 2.45) is 0 Å². The molecule has 0 bridgehead atoms. The number of carbonyl (C=O) groups is 1. The second kappa shape index (κ2) is 9.96. The van der Waals surface area contributed by atoms with Crippen LogP contribution < -0.4 is 20.1 Å². The van der Waals surface area contributed by atoms with Crippen LogP contribution in [0.15, 0.2) is 42.6 Å². The number of hydrogen-bond acceptors (Lipinski definition) is 3. The minimum atomic E-state index is -2.93. The van der Waals surface area contributed by atoms with E-state index < -0.39 is 6.61 Å². The summed E-state index contributed by atoms with van der Waals surface area (Å²) >= 11 is 0. The number of alkyl halides is 2. The van der Waals surface area contributed by atoms with Gasteiger partial charge in [-0.15, -0.1) is 0 Å². The summed E-state index contributed by atoms with van der Waals surface area (Å²) < 4.78 is 34.5. The molecule has 1 heterocycles. The fraction of sp³-hybridized carbons (Fsp3) is 0.318. The summed E-state index contributed by atoms with van der Waals surface area (Å²) in [6, 6.07) is 10.8. The number of rotatable bonds is 9. The maximum Gasteiger partial charge on any atom is 0.387 e. The maximum atomic E-state index is 12.5. The van der Waals surface area contributed by atoms with Crippen LogP contribution in [0.1, 0.15) is 16.7 Å². The molecule has 2 aromatic carbocycles. The fourth-order valence-electron chi connectivity index (χ4n) is 3.27. The average Bonchev–Trinajstić information content (AvgIpc) is 3.10. The topological polar surface area (TPSA) is 75.4 Å². The summed E-state index contributed by atoms with van der Waals surface area (Å²) in [6.07, 6.45) is 3.15. The van der Waals surface area contributed by atoms with Gasteiger partial charge in [-0.1, -0.05) is 18.2 Å². The number of hydrogen-bond donors (Lipinski definition) is 3. The van der Waals surface area contributed by atoms with Crippen molar-refractivity contribution >= 4 is 16.9 Å². The maximum absolute atomic E-state index is 12.5. The third-order valence-electron chi connectivity index (χ3n) is 4.75. The molecule has 0 unspecified atom stereocenters. The van der Waals surface area contributed by atoms with Gasteiger partial charge < -0.3 is 25.1 Å². The number of fused-ring (bicyclic) bond motifs is 1. The molecule has 6 nitrogen and oxygen atoms in total. The minimum absolute atomic E-state index is 0.0247. The quantitative estimate of drug-likeness (QED) is 0.489. The molecule has 0 aliphatic heterocycles. The van der Waals surface area contributed by atoms with E-state index in [1.54, 1.807) is 12.1 Å². The van der Waals surface area contributed by atoms with Gasteiger partial charge in [-0.25, -0.2) is 4.79 Å². The lowest BCUT2D eigenvalue weighted by Gasteiger charge is -2.12. The number of amides is 2. The molecule has 160 valence electrons. The highest BCUT2D eigenvalue weighted by molar-refractivity contribution is 5.83. The second-order valence-corrected chi connectivity index (χ2v) is 6.91. The highest BCUT2D eigenvalue weighted by atomic mass is 19.3. The van der Waals surface area contributed by atoms with Crippen LogP contribution >= 0.6 is 0 Å². The molecule has 3 aromatic rings. The molecule has 0 saturated carbocycles. The Morgan fingerprint density at radius 2 is 1.83 bits per heavy atom. The Balaban J connectivity index is 1.43. The Labute approximate surface area is 173 Å². The van der Waals surface area contributed by atoms with Crippen molar-refractivity contribution in [3.8, 4) is 11.5 Å². The van der Waals surface area contributed by atoms with Crippen molar-refractivity contribution in [1.82, 2.24) is 15.6 Å². The molecular formula is C22H25F2N3O3. The number of benzene rings is 2. The number of methoxy groups -OCH3 is 1. The van der Waals surface area contributed by atoms with E-state index >= 15 is 0 Å². The molecule has 0 spiro atoms. The van der Waals surface area contributed by atoms with Gasteiger partial charge in [-0.3, -0.25) is 0 Å². The number of carbonyl (C=O) groups excluding carboxylic acids is 1. The van der Waals surface area contributed by atoms with Crippen LogP contribution in [-0.4, -0.2) is 37.8 Å². The van der Waals surface area contributed by atoms with E-state index in [2.05, 4.69) is 38.6 Å². The lowest BCUT2D eigenvalue weighted by molar-refractivity contribution is -0.0512. The van der Waals surface area contributed by atoms with Gasteiger partial charge in [-0.2, -0.15) is 8.78 Å². The number of urea groups is 1. The van der Waals surface area contributed by atoms with Crippen LogP contribution in [0.2, 0.25) is 0 Å². The van der Waals surface area contributed by atoms with Crippen molar-refractivity contribution in [3.05, 3.63) is 59.3 Å². The van der Waals surface area contributed by atoms with Crippen molar-refractivity contribution < 1.29 is 23.0 Å². The second-order valence-electron chi connectivity index (χ2n) is 6.91.